The number of aromatic nitrogens is 3. The normalized spacial score (nSPS) is 11.9. The SMILES string of the molecule is c1ccc(-c2nc(-c3ccccc3)nc(-c3cccc4c3sc3ccc(-c5ccc(-c6cccc7oc8ccccc8c67)c6c5sc5ccccc56)cc34)n2)cc1. The largest absolute Gasteiger partial charge is 0.456 e. The fourth-order valence-electron chi connectivity index (χ4n) is 8.35. The Labute approximate surface area is 335 Å². The van der Waals surface area contributed by atoms with E-state index in [4.69, 9.17) is 19.4 Å². The van der Waals surface area contributed by atoms with E-state index >= 15 is 0 Å². The Morgan fingerprint density at radius 3 is 1.72 bits per heavy atom. The van der Waals surface area contributed by atoms with Gasteiger partial charge in [-0.3, -0.25) is 0 Å². The van der Waals surface area contributed by atoms with Gasteiger partial charge in [-0.2, -0.15) is 0 Å². The van der Waals surface area contributed by atoms with Crippen LogP contribution >= 0.6 is 22.7 Å². The van der Waals surface area contributed by atoms with Crippen LogP contribution in [0.4, 0.5) is 0 Å². The average molecular weight is 764 g/mol. The maximum Gasteiger partial charge on any atom is 0.165 e. The van der Waals surface area contributed by atoms with Gasteiger partial charge in [0.05, 0.1) is 0 Å². The number of fused-ring (bicyclic) bond motifs is 9. The minimum Gasteiger partial charge on any atom is -0.456 e. The highest BCUT2D eigenvalue weighted by Gasteiger charge is 2.21. The molecule has 0 saturated carbocycles. The van der Waals surface area contributed by atoms with Crippen molar-refractivity contribution in [1.29, 1.82) is 0 Å². The van der Waals surface area contributed by atoms with Gasteiger partial charge < -0.3 is 4.42 Å². The Hall–Kier alpha value is -6.99. The number of hydrogen-bond acceptors (Lipinski definition) is 6. The van der Waals surface area contributed by atoms with E-state index in [1.807, 2.05) is 53.8 Å². The third kappa shape index (κ3) is 5.15. The minimum atomic E-state index is 0.660. The van der Waals surface area contributed by atoms with Crippen molar-refractivity contribution in [1.82, 2.24) is 15.0 Å². The minimum absolute atomic E-state index is 0.660. The number of thiophene rings is 2. The summed E-state index contributed by atoms with van der Waals surface area (Å²) < 4.78 is 11.3. The maximum atomic E-state index is 6.34. The Kier molecular flexibility index (Phi) is 7.24. The second-order valence-electron chi connectivity index (χ2n) is 14.3. The molecule has 0 atom stereocenters. The van der Waals surface area contributed by atoms with E-state index in [0.29, 0.717) is 17.5 Å². The molecule has 4 heterocycles. The summed E-state index contributed by atoms with van der Waals surface area (Å²) in [5.41, 5.74) is 9.57. The molecule has 4 nitrogen and oxygen atoms in total. The first-order chi connectivity index (χ1) is 28.2. The van der Waals surface area contributed by atoms with E-state index < -0.39 is 0 Å². The molecule has 57 heavy (non-hydrogen) atoms. The Bertz CT molecular complexity index is 3470. The zero-order chi connectivity index (χ0) is 37.5. The van der Waals surface area contributed by atoms with Crippen LogP contribution in [0, 0.1) is 0 Å². The quantitative estimate of drug-likeness (QED) is 0.175. The number of furan rings is 1. The van der Waals surface area contributed by atoms with Gasteiger partial charge in [0.15, 0.2) is 17.5 Å². The Morgan fingerprint density at radius 2 is 0.912 bits per heavy atom. The second kappa shape index (κ2) is 12.8. The lowest BCUT2D eigenvalue weighted by molar-refractivity contribution is 0.669. The summed E-state index contributed by atoms with van der Waals surface area (Å²) in [6.07, 6.45) is 0. The van der Waals surface area contributed by atoms with Gasteiger partial charge in [-0.25, -0.2) is 15.0 Å². The monoisotopic (exact) mass is 763 g/mol. The van der Waals surface area contributed by atoms with E-state index in [0.717, 1.165) is 43.3 Å². The number of hydrogen-bond donors (Lipinski definition) is 0. The topological polar surface area (TPSA) is 51.8 Å². The molecule has 0 radical (unpaired) electrons. The first kappa shape index (κ1) is 32.3. The molecule has 0 amide bonds. The fourth-order valence-corrected chi connectivity index (χ4v) is 10.8. The summed E-state index contributed by atoms with van der Waals surface area (Å²) in [5, 5.41) is 7.26. The van der Waals surface area contributed by atoms with E-state index in [2.05, 4.69) is 133 Å². The molecule has 4 aromatic heterocycles. The zero-order valence-electron chi connectivity index (χ0n) is 30.3. The molecule has 0 saturated heterocycles. The smallest absolute Gasteiger partial charge is 0.165 e. The Balaban J connectivity index is 1.05. The van der Waals surface area contributed by atoms with Crippen molar-refractivity contribution in [3.05, 3.63) is 176 Å². The van der Waals surface area contributed by atoms with Crippen molar-refractivity contribution in [3.8, 4) is 56.4 Å². The summed E-state index contributed by atoms with van der Waals surface area (Å²) in [5.74, 6) is 1.99. The van der Waals surface area contributed by atoms with Crippen molar-refractivity contribution in [2.45, 2.75) is 0 Å². The molecule has 0 unspecified atom stereocenters. The van der Waals surface area contributed by atoms with Crippen molar-refractivity contribution in [2.75, 3.05) is 0 Å². The van der Waals surface area contributed by atoms with Gasteiger partial charge in [0.2, 0.25) is 0 Å². The van der Waals surface area contributed by atoms with Crippen LogP contribution in [0.25, 0.3) is 119 Å². The molecule has 0 fully saturated rings. The second-order valence-corrected chi connectivity index (χ2v) is 16.4. The number of benzene rings is 8. The van der Waals surface area contributed by atoms with Crippen LogP contribution in [-0.4, -0.2) is 15.0 Å². The van der Waals surface area contributed by atoms with E-state index in [-0.39, 0.29) is 0 Å². The predicted molar refractivity (Wildman–Crippen MR) is 240 cm³/mol. The van der Waals surface area contributed by atoms with Gasteiger partial charge in [0, 0.05) is 67.8 Å². The van der Waals surface area contributed by atoms with E-state index in [1.165, 1.54) is 57.9 Å². The van der Waals surface area contributed by atoms with Crippen molar-refractivity contribution < 1.29 is 4.42 Å². The van der Waals surface area contributed by atoms with Crippen LogP contribution in [0.15, 0.2) is 180 Å². The summed E-state index contributed by atoms with van der Waals surface area (Å²) in [6, 6.07) is 62.0. The zero-order valence-corrected chi connectivity index (χ0v) is 31.9. The molecule has 12 aromatic rings. The molecule has 0 spiro atoms. The highest BCUT2D eigenvalue weighted by Crippen LogP contribution is 2.48. The average Bonchev–Trinajstić information content (AvgIpc) is 3.98. The van der Waals surface area contributed by atoms with Crippen LogP contribution in [0.5, 0.6) is 0 Å². The first-order valence-electron chi connectivity index (χ1n) is 18.9. The van der Waals surface area contributed by atoms with Crippen LogP contribution in [0.1, 0.15) is 0 Å². The molecule has 12 rings (SSSR count). The standard InChI is InChI=1S/C51H29N3OS2/c1-3-13-30(14-4-1)49-52-50(31-15-5-2-6-16-31)54-51(53-49)39-21-11-20-36-40-29-32(25-28-44(40)56-47(36)39)33-26-27-35(46-38-18-8-10-24-43(38)57-48(33)46)34-19-12-23-42-45(34)37-17-7-9-22-41(37)55-42/h1-29H. The molecular weight excluding hydrogens is 735 g/mol. The molecule has 0 bridgehead atoms. The molecule has 8 aromatic carbocycles. The maximum absolute atomic E-state index is 6.34. The number of para-hydroxylation sites is 1. The third-order valence-corrected chi connectivity index (χ3v) is 13.4. The predicted octanol–water partition coefficient (Wildman–Crippen LogP) is 14.8. The van der Waals surface area contributed by atoms with Gasteiger partial charge in [-0.15, -0.1) is 22.7 Å². The highest BCUT2D eigenvalue weighted by molar-refractivity contribution is 7.27. The summed E-state index contributed by atoms with van der Waals surface area (Å²) >= 11 is 3.66. The number of nitrogens with zero attached hydrogens (tertiary/aromatic N) is 3. The lowest BCUT2D eigenvalue weighted by Crippen LogP contribution is -2.00. The Morgan fingerprint density at radius 1 is 0.333 bits per heavy atom. The summed E-state index contributed by atoms with van der Waals surface area (Å²) in [6.45, 7) is 0. The summed E-state index contributed by atoms with van der Waals surface area (Å²) in [7, 11) is 0. The van der Waals surface area contributed by atoms with Crippen LogP contribution in [0.2, 0.25) is 0 Å². The van der Waals surface area contributed by atoms with Crippen LogP contribution in [-0.2, 0) is 0 Å². The highest BCUT2D eigenvalue weighted by atomic mass is 32.1. The van der Waals surface area contributed by atoms with Crippen molar-refractivity contribution in [3.63, 3.8) is 0 Å². The molecule has 266 valence electrons. The third-order valence-electron chi connectivity index (χ3n) is 11.0. The van der Waals surface area contributed by atoms with Crippen LogP contribution in [0.3, 0.4) is 0 Å². The molecule has 0 aliphatic rings. The van der Waals surface area contributed by atoms with E-state index in [1.54, 1.807) is 11.3 Å². The molecular formula is C51H29N3OS2. The molecule has 0 aliphatic carbocycles. The van der Waals surface area contributed by atoms with Gasteiger partial charge in [-0.05, 0) is 58.7 Å². The van der Waals surface area contributed by atoms with Gasteiger partial charge in [-0.1, -0.05) is 140 Å². The van der Waals surface area contributed by atoms with Gasteiger partial charge in [0.1, 0.15) is 11.2 Å². The molecule has 0 N–H and O–H groups in total. The first-order valence-corrected chi connectivity index (χ1v) is 20.6. The van der Waals surface area contributed by atoms with Crippen molar-refractivity contribution >= 4 is 85.0 Å². The molecule has 0 aliphatic heterocycles. The van der Waals surface area contributed by atoms with Crippen LogP contribution < -0.4 is 0 Å². The van der Waals surface area contributed by atoms with Crippen molar-refractivity contribution in [2.24, 2.45) is 0 Å². The van der Waals surface area contributed by atoms with Gasteiger partial charge in [0.25, 0.3) is 0 Å². The molecule has 6 heteroatoms. The summed E-state index contributed by atoms with van der Waals surface area (Å²) in [4.78, 5) is 15.1. The lowest BCUT2D eigenvalue weighted by atomic mass is 9.92. The van der Waals surface area contributed by atoms with E-state index in [9.17, 15) is 0 Å². The lowest BCUT2D eigenvalue weighted by Gasteiger charge is -2.11. The fraction of sp³-hybridized carbons (Fsp3) is 0. The van der Waals surface area contributed by atoms with Gasteiger partial charge >= 0.3 is 0 Å². The number of rotatable bonds is 5.